The van der Waals surface area contributed by atoms with Crippen molar-refractivity contribution in [3.8, 4) is 22.8 Å². The number of nitrogens with two attached hydrogens (primary N) is 1. The lowest BCUT2D eigenvalue weighted by molar-refractivity contribution is 0.0588. The Labute approximate surface area is 231 Å². The van der Waals surface area contributed by atoms with Gasteiger partial charge in [-0.1, -0.05) is 18.2 Å². The van der Waals surface area contributed by atoms with Gasteiger partial charge in [-0.3, -0.25) is 4.79 Å². The number of hydrogen-bond donors (Lipinski definition) is 2. The molecule has 2 atom stereocenters. The van der Waals surface area contributed by atoms with Crippen LogP contribution in [-0.4, -0.2) is 83.2 Å². The first-order valence-corrected chi connectivity index (χ1v) is 13.6. The van der Waals surface area contributed by atoms with E-state index in [0.717, 1.165) is 30.0 Å². The minimum absolute atomic E-state index is 0.0487. The molecule has 3 aliphatic rings. The van der Waals surface area contributed by atoms with Crippen molar-refractivity contribution < 1.29 is 19.4 Å². The summed E-state index contributed by atoms with van der Waals surface area (Å²) in [4.78, 5) is 17.7. The highest BCUT2D eigenvalue weighted by molar-refractivity contribution is 6.62. The lowest BCUT2D eigenvalue weighted by atomic mass is 10.0. The van der Waals surface area contributed by atoms with Crippen LogP contribution in [0.15, 0.2) is 54.6 Å². The number of nitrogen functional groups attached to an aromatic ring is 1. The minimum atomic E-state index is -0.401. The Morgan fingerprint density at radius 3 is 2.49 bits per heavy atom. The van der Waals surface area contributed by atoms with Crippen molar-refractivity contribution in [2.24, 2.45) is 0 Å². The molecule has 0 spiro atoms. The number of phenols is 1. The molecular weight excluding hydrogens is 520 g/mol. The Morgan fingerprint density at radius 1 is 1.03 bits per heavy atom. The number of rotatable bonds is 5. The lowest BCUT2D eigenvalue weighted by Gasteiger charge is -2.51. The molecule has 3 aromatic rings. The fourth-order valence-corrected chi connectivity index (χ4v) is 5.98. The van der Waals surface area contributed by atoms with Crippen LogP contribution in [0.3, 0.4) is 0 Å². The van der Waals surface area contributed by atoms with E-state index in [9.17, 15) is 9.90 Å². The molecule has 3 N–H and O–H groups in total. The zero-order valence-corrected chi connectivity index (χ0v) is 22.2. The smallest absolute Gasteiger partial charge is 0.316 e. The average Bonchev–Trinajstić information content (AvgIpc) is 2.93. The molecule has 4 heterocycles. The number of morpholine rings is 1. The maximum Gasteiger partial charge on any atom is 0.316 e. The van der Waals surface area contributed by atoms with Gasteiger partial charge in [-0.25, -0.2) is 0 Å². The normalized spacial score (nSPS) is 21.6. The highest BCUT2D eigenvalue weighted by Crippen LogP contribution is 2.36. The Hall–Kier alpha value is -3.76. The van der Waals surface area contributed by atoms with Crippen molar-refractivity contribution in [1.29, 1.82) is 0 Å². The van der Waals surface area contributed by atoms with Gasteiger partial charge in [0.1, 0.15) is 17.6 Å². The number of piperazine rings is 1. The number of para-hydroxylation sites is 1. The van der Waals surface area contributed by atoms with Crippen molar-refractivity contribution in [1.82, 2.24) is 15.1 Å². The van der Waals surface area contributed by atoms with E-state index in [1.165, 1.54) is 0 Å². The fraction of sp³-hybridized carbons (Fsp3) is 0.393. The molecule has 6 rings (SSSR count). The fourth-order valence-electron chi connectivity index (χ4n) is 5.81. The number of anilines is 3. The van der Waals surface area contributed by atoms with Gasteiger partial charge in [-0.05, 0) is 41.9 Å². The van der Waals surface area contributed by atoms with Gasteiger partial charge in [0.2, 0.25) is 0 Å². The summed E-state index contributed by atoms with van der Waals surface area (Å²) in [6.07, 6.45) is 1.56. The molecule has 11 heteroatoms. The van der Waals surface area contributed by atoms with Crippen LogP contribution in [-0.2, 0) is 4.74 Å². The van der Waals surface area contributed by atoms with Crippen LogP contribution in [0, 0.1) is 0 Å². The molecule has 0 unspecified atom stereocenters. The Kier molecular flexibility index (Phi) is 7.05. The molecule has 204 valence electrons. The summed E-state index contributed by atoms with van der Waals surface area (Å²) in [7, 11) is 0. The second kappa shape index (κ2) is 10.8. The van der Waals surface area contributed by atoms with Gasteiger partial charge in [0, 0.05) is 56.3 Å². The van der Waals surface area contributed by atoms with E-state index < -0.39 is 5.37 Å². The summed E-state index contributed by atoms with van der Waals surface area (Å²) in [6, 6.07) is 17.4. The van der Waals surface area contributed by atoms with Gasteiger partial charge in [-0.2, -0.15) is 0 Å². The Morgan fingerprint density at radius 2 is 1.77 bits per heavy atom. The number of aromatic nitrogens is 2. The third-order valence-corrected chi connectivity index (χ3v) is 7.94. The number of nitrogens with zero attached hydrogens (tertiary/aromatic N) is 5. The molecule has 2 bridgehead atoms. The second-order valence-corrected chi connectivity index (χ2v) is 10.6. The van der Waals surface area contributed by atoms with Crippen molar-refractivity contribution >= 4 is 34.2 Å². The van der Waals surface area contributed by atoms with E-state index in [1.807, 2.05) is 30.3 Å². The maximum absolute atomic E-state index is 11.4. The van der Waals surface area contributed by atoms with E-state index in [-0.39, 0.29) is 23.9 Å². The van der Waals surface area contributed by atoms with Gasteiger partial charge in [-0.15, -0.1) is 10.2 Å². The summed E-state index contributed by atoms with van der Waals surface area (Å²) in [5.41, 5.74) is 9.39. The number of halogens is 1. The van der Waals surface area contributed by atoms with Crippen molar-refractivity contribution in [2.45, 2.75) is 31.0 Å². The highest BCUT2D eigenvalue weighted by atomic mass is 35.5. The number of phenolic OH excluding ortho intramolecular Hbond substituents is 1. The number of aromatic hydroxyl groups is 1. The summed E-state index contributed by atoms with van der Waals surface area (Å²) in [5, 5.41) is 18.4. The van der Waals surface area contributed by atoms with Gasteiger partial charge in [0.05, 0.1) is 36.7 Å². The molecule has 0 saturated carbocycles. The van der Waals surface area contributed by atoms with Crippen LogP contribution in [0.4, 0.5) is 22.0 Å². The molecule has 3 fully saturated rings. The highest BCUT2D eigenvalue weighted by Gasteiger charge is 2.39. The quantitative estimate of drug-likeness (QED) is 0.362. The third-order valence-electron chi connectivity index (χ3n) is 7.70. The molecule has 10 nitrogen and oxygen atoms in total. The van der Waals surface area contributed by atoms with Crippen LogP contribution in [0.2, 0.25) is 0 Å². The first kappa shape index (κ1) is 25.5. The summed E-state index contributed by atoms with van der Waals surface area (Å²) in [6.45, 7) is 3.79. The van der Waals surface area contributed by atoms with E-state index in [0.29, 0.717) is 56.5 Å². The van der Waals surface area contributed by atoms with Crippen LogP contribution in [0.25, 0.3) is 11.3 Å². The van der Waals surface area contributed by atoms with Gasteiger partial charge < -0.3 is 35.0 Å². The summed E-state index contributed by atoms with van der Waals surface area (Å²) in [5.74, 6) is 1.33. The second-order valence-electron chi connectivity index (χ2n) is 10.2. The number of carbonyl (C=O) groups is 1. The zero-order chi connectivity index (χ0) is 26.9. The van der Waals surface area contributed by atoms with Gasteiger partial charge in [0.25, 0.3) is 0 Å². The summed E-state index contributed by atoms with van der Waals surface area (Å²) < 4.78 is 12.3. The minimum Gasteiger partial charge on any atom is -0.507 e. The zero-order valence-electron chi connectivity index (χ0n) is 21.4. The molecule has 3 saturated heterocycles. The first-order valence-electron chi connectivity index (χ1n) is 13.2. The van der Waals surface area contributed by atoms with Crippen LogP contribution < -0.4 is 20.3 Å². The predicted molar refractivity (Wildman–Crippen MR) is 150 cm³/mol. The maximum atomic E-state index is 11.4. The van der Waals surface area contributed by atoms with Gasteiger partial charge in [0.15, 0.2) is 5.82 Å². The number of amides is 1. The van der Waals surface area contributed by atoms with Crippen LogP contribution >= 0.6 is 11.6 Å². The summed E-state index contributed by atoms with van der Waals surface area (Å²) >= 11 is 5.62. The van der Waals surface area contributed by atoms with E-state index >= 15 is 0 Å². The number of piperidine rings is 1. The Bertz CT molecular complexity index is 1340. The molecule has 39 heavy (non-hydrogen) atoms. The first-order chi connectivity index (χ1) is 19.0. The van der Waals surface area contributed by atoms with E-state index in [2.05, 4.69) is 32.1 Å². The monoisotopic (exact) mass is 550 g/mol. The average molecular weight is 551 g/mol. The van der Waals surface area contributed by atoms with Crippen molar-refractivity contribution in [2.75, 3.05) is 54.9 Å². The van der Waals surface area contributed by atoms with Crippen LogP contribution in [0.5, 0.6) is 11.5 Å². The molecule has 0 aliphatic carbocycles. The SMILES string of the molecule is Nc1nnc(-c2ccccc2O)cc1N1C[C@H]2COC[C@@H](C1)N2c1cccc(OC2CCN(C(=O)Cl)CC2)c1. The number of likely N-dealkylation sites (tertiary alicyclic amines) is 1. The topological polar surface area (TPSA) is 117 Å². The number of hydrogen-bond acceptors (Lipinski definition) is 9. The molecule has 2 aromatic carbocycles. The number of benzene rings is 2. The van der Waals surface area contributed by atoms with Crippen LogP contribution in [0.1, 0.15) is 12.8 Å². The number of fused-ring (bicyclic) bond motifs is 2. The molecule has 0 radical (unpaired) electrons. The largest absolute Gasteiger partial charge is 0.507 e. The van der Waals surface area contributed by atoms with Gasteiger partial charge >= 0.3 is 5.37 Å². The van der Waals surface area contributed by atoms with Crippen molar-refractivity contribution in [3.63, 3.8) is 0 Å². The molecule has 1 aromatic heterocycles. The number of ether oxygens (including phenoxy) is 2. The molecular formula is C28H31ClN6O4. The molecule has 1 amide bonds. The van der Waals surface area contributed by atoms with Crippen molar-refractivity contribution in [3.05, 3.63) is 54.6 Å². The third kappa shape index (κ3) is 5.26. The molecule has 3 aliphatic heterocycles. The van der Waals surface area contributed by atoms with E-state index in [1.54, 1.807) is 17.0 Å². The standard InChI is InChI=1S/C28H31ClN6O4/c29-28(37)33-10-8-21(9-11-33)39-22-5-3-4-18(12-22)35-19-14-34(15-20(35)17-38-16-19)25-13-24(31-32-27(25)30)23-6-1-2-7-26(23)36/h1-7,12-13,19-21,36H,8-11,14-17H2,(H2,30,32)/t19-,20+. The van der Waals surface area contributed by atoms with E-state index in [4.69, 9.17) is 26.8 Å². The number of carbonyl (C=O) groups excluding carboxylic acids is 1. The lowest BCUT2D eigenvalue weighted by Crippen LogP contribution is -2.65. The predicted octanol–water partition coefficient (Wildman–Crippen LogP) is 3.73. The Balaban J connectivity index is 1.19.